The van der Waals surface area contributed by atoms with Crippen molar-refractivity contribution in [2.24, 2.45) is 0 Å². The quantitative estimate of drug-likeness (QED) is 0.529. The average molecular weight is 287 g/mol. The van der Waals surface area contributed by atoms with Crippen molar-refractivity contribution in [3.05, 3.63) is 57.7 Å². The zero-order valence-corrected chi connectivity index (χ0v) is 11.5. The van der Waals surface area contributed by atoms with Crippen molar-refractivity contribution in [3.8, 4) is 5.69 Å². The minimum atomic E-state index is -1.11. The number of rotatable bonds is 4. The molecule has 0 aliphatic carbocycles. The number of benzene rings is 1. The van der Waals surface area contributed by atoms with Gasteiger partial charge in [-0.3, -0.25) is 14.7 Å². The molecule has 7 heteroatoms. The van der Waals surface area contributed by atoms with Gasteiger partial charge in [0.1, 0.15) is 5.69 Å². The van der Waals surface area contributed by atoms with Crippen LogP contribution in [0, 0.1) is 24.0 Å². The van der Waals surface area contributed by atoms with Crippen molar-refractivity contribution in [2.45, 2.75) is 13.8 Å². The molecule has 0 amide bonds. The first-order valence-electron chi connectivity index (χ1n) is 6.10. The molecule has 1 N–H and O–H groups in total. The Hall–Kier alpha value is -2.96. The van der Waals surface area contributed by atoms with Crippen molar-refractivity contribution >= 4 is 17.7 Å². The molecule has 1 aromatic heterocycles. The molecule has 108 valence electrons. The van der Waals surface area contributed by atoms with Crippen LogP contribution in [0.25, 0.3) is 11.8 Å². The van der Waals surface area contributed by atoms with E-state index < -0.39 is 10.9 Å². The fraction of sp³-hybridized carbons (Fsp3) is 0.143. The molecule has 0 aliphatic rings. The Labute approximate surface area is 120 Å². The van der Waals surface area contributed by atoms with Gasteiger partial charge in [-0.25, -0.2) is 9.78 Å². The molecule has 1 heterocycles. The summed E-state index contributed by atoms with van der Waals surface area (Å²) in [6, 6.07) is 4.54. The summed E-state index contributed by atoms with van der Waals surface area (Å²) >= 11 is 0. The van der Waals surface area contributed by atoms with Crippen molar-refractivity contribution in [1.82, 2.24) is 9.55 Å². The Balaban J connectivity index is 2.55. The van der Waals surface area contributed by atoms with E-state index in [-0.39, 0.29) is 5.69 Å². The standard InChI is InChI=1S/C14H13N3O4/c1-9-10(2)16(8-15-9)12-5-3-11(4-6-14(18)19)7-13(12)17(20)21/h3-8H,1-2H3,(H,18,19). The fourth-order valence-corrected chi connectivity index (χ4v) is 1.90. The lowest BCUT2D eigenvalue weighted by atomic mass is 10.1. The van der Waals surface area contributed by atoms with Gasteiger partial charge in [0.15, 0.2) is 0 Å². The third kappa shape index (κ3) is 2.97. The number of hydrogen-bond donors (Lipinski definition) is 1. The van der Waals surface area contributed by atoms with Gasteiger partial charge in [0.05, 0.1) is 16.9 Å². The Morgan fingerprint density at radius 1 is 1.43 bits per heavy atom. The van der Waals surface area contributed by atoms with Crippen LogP contribution in [0.4, 0.5) is 5.69 Å². The fourth-order valence-electron chi connectivity index (χ4n) is 1.90. The molecule has 0 atom stereocenters. The first-order valence-corrected chi connectivity index (χ1v) is 6.10. The number of carbonyl (C=O) groups is 1. The summed E-state index contributed by atoms with van der Waals surface area (Å²) < 4.78 is 1.64. The minimum absolute atomic E-state index is 0.108. The maximum absolute atomic E-state index is 11.2. The van der Waals surface area contributed by atoms with Crippen molar-refractivity contribution < 1.29 is 14.8 Å². The summed E-state index contributed by atoms with van der Waals surface area (Å²) in [6.45, 7) is 3.64. The van der Waals surface area contributed by atoms with Crippen LogP contribution < -0.4 is 0 Å². The van der Waals surface area contributed by atoms with Gasteiger partial charge < -0.3 is 5.11 Å². The molecule has 0 saturated carbocycles. The second kappa shape index (κ2) is 5.58. The van der Waals surface area contributed by atoms with Crippen molar-refractivity contribution in [2.75, 3.05) is 0 Å². The van der Waals surface area contributed by atoms with E-state index in [2.05, 4.69) is 4.98 Å². The molecule has 0 saturated heterocycles. The predicted molar refractivity (Wildman–Crippen MR) is 76.4 cm³/mol. The molecule has 1 aromatic carbocycles. The summed E-state index contributed by atoms with van der Waals surface area (Å²) in [5.74, 6) is -1.11. The zero-order chi connectivity index (χ0) is 15.6. The topological polar surface area (TPSA) is 98.3 Å². The van der Waals surface area contributed by atoms with Gasteiger partial charge in [0.2, 0.25) is 0 Å². The molecule has 2 aromatic rings. The lowest BCUT2D eigenvalue weighted by Crippen LogP contribution is -2.01. The number of aryl methyl sites for hydroxylation is 1. The lowest BCUT2D eigenvalue weighted by Gasteiger charge is -2.07. The number of nitro benzene ring substituents is 1. The summed E-state index contributed by atoms with van der Waals surface area (Å²) in [6.07, 6.45) is 3.77. The van der Waals surface area contributed by atoms with Crippen molar-refractivity contribution in [1.29, 1.82) is 0 Å². The monoisotopic (exact) mass is 287 g/mol. The van der Waals surface area contributed by atoms with Crippen LogP contribution >= 0.6 is 0 Å². The number of aliphatic carboxylic acids is 1. The normalized spacial score (nSPS) is 11.0. The van der Waals surface area contributed by atoms with Crippen molar-refractivity contribution in [3.63, 3.8) is 0 Å². The SMILES string of the molecule is Cc1ncn(-c2ccc(C=CC(=O)O)cc2[N+](=O)[O-])c1C. The van der Waals surface area contributed by atoms with Crippen LogP contribution in [0.15, 0.2) is 30.6 Å². The molecule has 0 aliphatic heterocycles. The maximum Gasteiger partial charge on any atom is 0.328 e. The lowest BCUT2D eigenvalue weighted by molar-refractivity contribution is -0.384. The second-order valence-electron chi connectivity index (χ2n) is 4.46. The van der Waals surface area contributed by atoms with Crippen LogP contribution in [-0.2, 0) is 4.79 Å². The molecule has 0 radical (unpaired) electrons. The molecule has 0 bridgehead atoms. The smallest absolute Gasteiger partial charge is 0.328 e. The minimum Gasteiger partial charge on any atom is -0.478 e. The molecule has 0 spiro atoms. The Bertz CT molecular complexity index is 747. The molecule has 2 rings (SSSR count). The Kier molecular flexibility index (Phi) is 3.84. The first-order chi connectivity index (χ1) is 9.90. The van der Waals surface area contributed by atoms with Gasteiger partial charge in [0.25, 0.3) is 5.69 Å². The highest BCUT2D eigenvalue weighted by Gasteiger charge is 2.17. The highest BCUT2D eigenvalue weighted by molar-refractivity contribution is 5.85. The highest BCUT2D eigenvalue weighted by atomic mass is 16.6. The number of aromatic nitrogens is 2. The molecular formula is C14H13N3O4. The second-order valence-corrected chi connectivity index (χ2v) is 4.46. The number of nitrogens with zero attached hydrogens (tertiary/aromatic N) is 3. The summed E-state index contributed by atoms with van der Waals surface area (Å²) in [5.41, 5.74) is 2.34. The zero-order valence-electron chi connectivity index (χ0n) is 11.5. The van der Waals surface area contributed by atoms with Crippen LogP contribution in [0.1, 0.15) is 17.0 Å². The van der Waals surface area contributed by atoms with E-state index in [1.165, 1.54) is 18.5 Å². The Morgan fingerprint density at radius 3 is 2.67 bits per heavy atom. The summed E-state index contributed by atoms with van der Waals surface area (Å²) in [4.78, 5) is 25.4. The van der Waals surface area contributed by atoms with Crippen LogP contribution in [-0.4, -0.2) is 25.6 Å². The first kappa shape index (κ1) is 14.4. The third-order valence-corrected chi connectivity index (χ3v) is 3.13. The van der Waals surface area contributed by atoms with E-state index in [1.54, 1.807) is 16.7 Å². The van der Waals surface area contributed by atoms with Crippen LogP contribution in [0.5, 0.6) is 0 Å². The number of nitro groups is 1. The van der Waals surface area contributed by atoms with Crippen LogP contribution in [0.2, 0.25) is 0 Å². The van der Waals surface area contributed by atoms with E-state index in [0.717, 1.165) is 17.5 Å². The third-order valence-electron chi connectivity index (χ3n) is 3.13. The van der Waals surface area contributed by atoms with Gasteiger partial charge in [-0.15, -0.1) is 0 Å². The van der Waals surface area contributed by atoms with Crippen LogP contribution in [0.3, 0.4) is 0 Å². The predicted octanol–water partition coefficient (Wildman–Crippen LogP) is 2.50. The van der Waals surface area contributed by atoms with Gasteiger partial charge in [-0.05, 0) is 31.6 Å². The van der Waals surface area contributed by atoms with Gasteiger partial charge >= 0.3 is 5.97 Å². The van der Waals surface area contributed by atoms with E-state index in [4.69, 9.17) is 5.11 Å². The number of carboxylic acids is 1. The Morgan fingerprint density at radius 2 is 2.14 bits per heavy atom. The maximum atomic E-state index is 11.2. The molecule has 7 nitrogen and oxygen atoms in total. The number of carboxylic acid groups (broad SMARTS) is 1. The van der Waals surface area contributed by atoms with Gasteiger partial charge in [-0.1, -0.05) is 6.07 Å². The van der Waals surface area contributed by atoms with Gasteiger partial charge in [-0.2, -0.15) is 0 Å². The molecule has 21 heavy (non-hydrogen) atoms. The number of imidazole rings is 1. The van der Waals surface area contributed by atoms with E-state index in [0.29, 0.717) is 11.3 Å². The largest absolute Gasteiger partial charge is 0.478 e. The summed E-state index contributed by atoms with van der Waals surface area (Å²) in [5, 5.41) is 19.8. The van der Waals surface area contributed by atoms with Gasteiger partial charge in [0, 0.05) is 17.8 Å². The van der Waals surface area contributed by atoms with E-state index in [9.17, 15) is 14.9 Å². The average Bonchev–Trinajstić information content (AvgIpc) is 2.76. The molecule has 0 unspecified atom stereocenters. The highest BCUT2D eigenvalue weighted by Crippen LogP contribution is 2.26. The van der Waals surface area contributed by atoms with E-state index in [1.807, 2.05) is 13.8 Å². The summed E-state index contributed by atoms with van der Waals surface area (Å²) in [7, 11) is 0. The molecule has 0 fully saturated rings. The molecular weight excluding hydrogens is 274 g/mol. The van der Waals surface area contributed by atoms with E-state index >= 15 is 0 Å². The number of hydrogen-bond acceptors (Lipinski definition) is 4.